The predicted molar refractivity (Wildman–Crippen MR) is 120 cm³/mol. The Labute approximate surface area is 192 Å². The van der Waals surface area contributed by atoms with Crippen LogP contribution in [0.2, 0.25) is 0 Å². The minimum atomic E-state index is -4.18. The molecule has 0 aliphatic heterocycles. The van der Waals surface area contributed by atoms with Gasteiger partial charge >= 0.3 is 0 Å². The standard InChI is InChI=1S/C22H18F2N4O3S2/c1-12-17(9-14-3-8-20(18(24)10-14)33(25,30)31)21(15-4-6-16(23)7-5-15)27-28(12)22-26-19(11-32-22)13(2)29/h3-8,10-11H,9H2,1-2H3,(H2,25,30,31). The van der Waals surface area contributed by atoms with E-state index in [1.54, 1.807) is 29.1 Å². The largest absolute Gasteiger partial charge is 0.293 e. The number of sulfonamides is 1. The SMILES string of the molecule is CC(=O)c1csc(-n2nc(-c3ccc(F)cc3)c(Cc3ccc(S(N)(=O)=O)c(F)c3)c2C)n1. The van der Waals surface area contributed by atoms with Gasteiger partial charge in [0.05, 0.1) is 5.69 Å². The minimum absolute atomic E-state index is 0.174. The van der Waals surface area contributed by atoms with Crippen molar-refractivity contribution < 1.29 is 22.0 Å². The van der Waals surface area contributed by atoms with Crippen LogP contribution in [0.15, 0.2) is 52.7 Å². The highest BCUT2D eigenvalue weighted by Gasteiger charge is 2.21. The van der Waals surface area contributed by atoms with Gasteiger partial charge in [-0.2, -0.15) is 5.10 Å². The van der Waals surface area contributed by atoms with Gasteiger partial charge in [0.1, 0.15) is 22.2 Å². The molecule has 0 spiro atoms. The molecule has 0 bridgehead atoms. The monoisotopic (exact) mass is 488 g/mol. The molecule has 2 aromatic heterocycles. The zero-order valence-electron chi connectivity index (χ0n) is 17.5. The zero-order chi connectivity index (χ0) is 23.9. The van der Waals surface area contributed by atoms with Crippen LogP contribution in [0.4, 0.5) is 8.78 Å². The number of nitrogens with zero attached hydrogens (tertiary/aromatic N) is 3. The molecule has 0 saturated carbocycles. The fraction of sp³-hybridized carbons (Fsp3) is 0.136. The quantitative estimate of drug-likeness (QED) is 0.413. The Morgan fingerprint density at radius 1 is 1.15 bits per heavy atom. The molecule has 0 radical (unpaired) electrons. The molecule has 4 rings (SSSR count). The van der Waals surface area contributed by atoms with Gasteiger partial charge in [0.25, 0.3) is 0 Å². The Kier molecular flexibility index (Phi) is 5.95. The summed E-state index contributed by atoms with van der Waals surface area (Å²) in [5.74, 6) is -1.52. The number of primary sulfonamides is 1. The predicted octanol–water partition coefficient (Wildman–Crippen LogP) is 4.02. The van der Waals surface area contributed by atoms with Gasteiger partial charge in [-0.1, -0.05) is 6.07 Å². The van der Waals surface area contributed by atoms with Gasteiger partial charge in [-0.05, 0) is 48.9 Å². The van der Waals surface area contributed by atoms with Crippen LogP contribution in [-0.4, -0.2) is 29.0 Å². The first-order valence-electron chi connectivity index (χ1n) is 9.67. The summed E-state index contributed by atoms with van der Waals surface area (Å²) in [7, 11) is -4.18. The molecule has 0 aliphatic rings. The average Bonchev–Trinajstić information content (AvgIpc) is 3.34. The van der Waals surface area contributed by atoms with E-state index in [-0.39, 0.29) is 12.2 Å². The van der Waals surface area contributed by atoms with Crippen molar-refractivity contribution in [2.45, 2.75) is 25.2 Å². The summed E-state index contributed by atoms with van der Waals surface area (Å²) in [6.45, 7) is 3.23. The number of carbonyl (C=O) groups excluding carboxylic acids is 1. The third-order valence-electron chi connectivity index (χ3n) is 5.08. The highest BCUT2D eigenvalue weighted by molar-refractivity contribution is 7.89. The number of halogens is 2. The van der Waals surface area contributed by atoms with Crippen molar-refractivity contribution in [2.24, 2.45) is 5.14 Å². The van der Waals surface area contributed by atoms with E-state index < -0.39 is 26.6 Å². The number of carbonyl (C=O) groups is 1. The highest BCUT2D eigenvalue weighted by Crippen LogP contribution is 2.31. The molecule has 0 amide bonds. The van der Waals surface area contributed by atoms with Gasteiger partial charge in [0.15, 0.2) is 5.78 Å². The molecule has 170 valence electrons. The second-order valence-electron chi connectivity index (χ2n) is 7.39. The summed E-state index contributed by atoms with van der Waals surface area (Å²) in [6, 6.07) is 9.50. The van der Waals surface area contributed by atoms with Gasteiger partial charge in [-0.15, -0.1) is 11.3 Å². The van der Waals surface area contributed by atoms with Crippen molar-refractivity contribution in [3.8, 4) is 16.4 Å². The third-order valence-corrected chi connectivity index (χ3v) is 6.84. The van der Waals surface area contributed by atoms with Crippen molar-refractivity contribution in [2.75, 3.05) is 0 Å². The second kappa shape index (κ2) is 8.58. The van der Waals surface area contributed by atoms with Crippen molar-refractivity contribution >= 4 is 27.1 Å². The third kappa shape index (κ3) is 4.61. The van der Waals surface area contributed by atoms with Gasteiger partial charge in [0, 0.05) is 35.5 Å². The lowest BCUT2D eigenvalue weighted by Crippen LogP contribution is -2.14. The lowest BCUT2D eigenvalue weighted by Gasteiger charge is -2.07. The fourth-order valence-corrected chi connectivity index (χ4v) is 4.84. The lowest BCUT2D eigenvalue weighted by molar-refractivity contribution is 0.101. The number of thiazole rings is 1. The first-order valence-corrected chi connectivity index (χ1v) is 12.1. The van der Waals surface area contributed by atoms with Crippen molar-refractivity contribution in [3.05, 3.63) is 82.0 Å². The van der Waals surface area contributed by atoms with Crippen LogP contribution in [0.3, 0.4) is 0 Å². The molecule has 0 aliphatic carbocycles. The molecule has 0 fully saturated rings. The van der Waals surface area contributed by atoms with Crippen LogP contribution in [0.5, 0.6) is 0 Å². The number of aromatic nitrogens is 3. The van der Waals surface area contributed by atoms with E-state index in [0.29, 0.717) is 38.9 Å². The Morgan fingerprint density at radius 2 is 1.85 bits per heavy atom. The van der Waals surface area contributed by atoms with E-state index in [1.165, 1.54) is 36.5 Å². The fourth-order valence-electron chi connectivity index (χ4n) is 3.38. The Hall–Kier alpha value is -3.28. The van der Waals surface area contributed by atoms with Gasteiger partial charge in [-0.25, -0.2) is 32.0 Å². The highest BCUT2D eigenvalue weighted by atomic mass is 32.2. The first kappa shape index (κ1) is 22.9. The van der Waals surface area contributed by atoms with Crippen molar-refractivity contribution in [3.63, 3.8) is 0 Å². The number of Topliss-reactive ketones (excluding diaryl/α,β-unsaturated/α-hetero) is 1. The molecule has 7 nitrogen and oxygen atoms in total. The maximum atomic E-state index is 14.4. The minimum Gasteiger partial charge on any atom is -0.293 e. The van der Waals surface area contributed by atoms with E-state index in [0.717, 1.165) is 12.1 Å². The molecule has 11 heteroatoms. The Balaban J connectivity index is 1.83. The van der Waals surface area contributed by atoms with Crippen LogP contribution in [0.1, 0.15) is 34.2 Å². The van der Waals surface area contributed by atoms with Gasteiger partial charge < -0.3 is 0 Å². The van der Waals surface area contributed by atoms with Gasteiger partial charge in [-0.3, -0.25) is 4.79 Å². The van der Waals surface area contributed by atoms with E-state index >= 15 is 0 Å². The van der Waals surface area contributed by atoms with Crippen LogP contribution in [0.25, 0.3) is 16.4 Å². The van der Waals surface area contributed by atoms with E-state index in [2.05, 4.69) is 10.1 Å². The Bertz CT molecular complexity index is 1480. The zero-order valence-corrected chi connectivity index (χ0v) is 19.2. The molecule has 0 unspecified atom stereocenters. The summed E-state index contributed by atoms with van der Waals surface area (Å²) in [5, 5.41) is 11.8. The lowest BCUT2D eigenvalue weighted by atomic mass is 9.99. The molecule has 33 heavy (non-hydrogen) atoms. The summed E-state index contributed by atoms with van der Waals surface area (Å²) in [5.41, 5.74) is 3.38. The molecule has 4 aromatic rings. The van der Waals surface area contributed by atoms with Crippen LogP contribution in [-0.2, 0) is 16.4 Å². The molecular weight excluding hydrogens is 470 g/mol. The van der Waals surface area contributed by atoms with Crippen LogP contribution >= 0.6 is 11.3 Å². The number of ketones is 1. The summed E-state index contributed by atoms with van der Waals surface area (Å²) in [6.07, 6.45) is 0.214. The van der Waals surface area contributed by atoms with E-state index in [4.69, 9.17) is 5.14 Å². The number of benzene rings is 2. The van der Waals surface area contributed by atoms with Crippen molar-refractivity contribution in [1.82, 2.24) is 14.8 Å². The van der Waals surface area contributed by atoms with Crippen LogP contribution < -0.4 is 5.14 Å². The van der Waals surface area contributed by atoms with E-state index in [9.17, 15) is 22.0 Å². The average molecular weight is 489 g/mol. The first-order chi connectivity index (χ1) is 15.5. The smallest absolute Gasteiger partial charge is 0.240 e. The molecular formula is C22H18F2N4O3S2. The molecule has 2 heterocycles. The number of rotatable bonds is 6. The molecule has 2 N–H and O–H groups in total. The maximum absolute atomic E-state index is 14.4. The van der Waals surface area contributed by atoms with Crippen LogP contribution in [0, 0.1) is 18.6 Å². The van der Waals surface area contributed by atoms with E-state index in [1.807, 2.05) is 0 Å². The topological polar surface area (TPSA) is 108 Å². The summed E-state index contributed by atoms with van der Waals surface area (Å²) < 4.78 is 52.5. The number of nitrogens with two attached hydrogens (primary N) is 1. The number of hydrogen-bond acceptors (Lipinski definition) is 6. The summed E-state index contributed by atoms with van der Waals surface area (Å²) in [4.78, 5) is 15.4. The normalized spacial score (nSPS) is 11.7. The molecule has 2 aromatic carbocycles. The number of hydrogen-bond donors (Lipinski definition) is 1. The molecule has 0 atom stereocenters. The second-order valence-corrected chi connectivity index (χ2v) is 9.76. The van der Waals surface area contributed by atoms with Crippen molar-refractivity contribution in [1.29, 1.82) is 0 Å². The van der Waals surface area contributed by atoms with Gasteiger partial charge in [0.2, 0.25) is 15.2 Å². The summed E-state index contributed by atoms with van der Waals surface area (Å²) >= 11 is 1.25. The Morgan fingerprint density at radius 3 is 2.42 bits per heavy atom. The maximum Gasteiger partial charge on any atom is 0.240 e. The molecule has 0 saturated heterocycles.